The summed E-state index contributed by atoms with van der Waals surface area (Å²) in [5, 5.41) is 3.47. The van der Waals surface area contributed by atoms with Gasteiger partial charge in [0.05, 0.1) is 6.04 Å². The summed E-state index contributed by atoms with van der Waals surface area (Å²) >= 11 is 2.00. The molecule has 1 heterocycles. The Balaban J connectivity index is 1.79. The lowest BCUT2D eigenvalue weighted by atomic mass is 10.2. The van der Waals surface area contributed by atoms with Crippen molar-refractivity contribution in [2.45, 2.75) is 19.4 Å². The summed E-state index contributed by atoms with van der Waals surface area (Å²) < 4.78 is 5.77. The smallest absolute Gasteiger partial charge is 0.119 e. The highest BCUT2D eigenvalue weighted by molar-refractivity contribution is 7.99. The van der Waals surface area contributed by atoms with Crippen molar-refractivity contribution in [2.24, 2.45) is 0 Å². The van der Waals surface area contributed by atoms with Gasteiger partial charge in [-0.15, -0.1) is 0 Å². The third kappa shape index (κ3) is 3.42. The average Bonchev–Trinajstić information content (AvgIpc) is 2.38. The van der Waals surface area contributed by atoms with Gasteiger partial charge in [0.25, 0.3) is 0 Å². The van der Waals surface area contributed by atoms with Crippen LogP contribution in [0.3, 0.4) is 0 Å². The number of hydrogen-bond donors (Lipinski definition) is 1. The summed E-state index contributed by atoms with van der Waals surface area (Å²) in [5.74, 6) is 3.36. The molecule has 0 amide bonds. The van der Waals surface area contributed by atoms with Crippen molar-refractivity contribution >= 4 is 11.8 Å². The Morgan fingerprint density at radius 1 is 1.38 bits per heavy atom. The maximum Gasteiger partial charge on any atom is 0.119 e. The number of ether oxygens (including phenoxy) is 1. The van der Waals surface area contributed by atoms with Crippen LogP contribution in [0.1, 0.15) is 12.5 Å². The number of nitrogens with one attached hydrogen (secondary N) is 1. The number of rotatable bonds is 4. The van der Waals surface area contributed by atoms with Crippen LogP contribution in [0.5, 0.6) is 5.75 Å². The first kappa shape index (κ1) is 11.8. The predicted octanol–water partition coefficient (Wildman–Crippen LogP) is 2.33. The normalized spacial score (nSPS) is 20.7. The standard InChI is InChI=1S/C13H19NOS/c1-2-11-3-5-13(6-4-11)15-9-12-10-16-8-7-14-12/h3-6,12,14H,2,7-10H2,1H3. The third-order valence-corrected chi connectivity index (χ3v) is 3.91. The minimum atomic E-state index is 0.504. The van der Waals surface area contributed by atoms with Gasteiger partial charge in [-0.05, 0) is 24.1 Å². The van der Waals surface area contributed by atoms with E-state index in [1.165, 1.54) is 11.3 Å². The molecule has 0 radical (unpaired) electrons. The Hall–Kier alpha value is -0.670. The molecule has 88 valence electrons. The zero-order valence-corrected chi connectivity index (χ0v) is 10.6. The highest BCUT2D eigenvalue weighted by atomic mass is 32.2. The van der Waals surface area contributed by atoms with Gasteiger partial charge in [0.1, 0.15) is 12.4 Å². The van der Waals surface area contributed by atoms with E-state index in [2.05, 4.69) is 36.5 Å². The van der Waals surface area contributed by atoms with E-state index in [9.17, 15) is 0 Å². The van der Waals surface area contributed by atoms with E-state index in [1.54, 1.807) is 0 Å². The largest absolute Gasteiger partial charge is 0.492 e. The van der Waals surface area contributed by atoms with Crippen molar-refractivity contribution in [3.05, 3.63) is 29.8 Å². The first-order chi connectivity index (χ1) is 7.88. The van der Waals surface area contributed by atoms with Gasteiger partial charge in [-0.3, -0.25) is 0 Å². The maximum atomic E-state index is 5.77. The summed E-state index contributed by atoms with van der Waals surface area (Å²) in [6.07, 6.45) is 1.08. The van der Waals surface area contributed by atoms with Crippen molar-refractivity contribution in [3.8, 4) is 5.75 Å². The van der Waals surface area contributed by atoms with Crippen molar-refractivity contribution in [3.63, 3.8) is 0 Å². The molecule has 1 atom stereocenters. The fourth-order valence-corrected chi connectivity index (χ4v) is 2.67. The van der Waals surface area contributed by atoms with E-state index in [0.717, 1.165) is 31.1 Å². The van der Waals surface area contributed by atoms with Gasteiger partial charge >= 0.3 is 0 Å². The number of thioether (sulfide) groups is 1. The van der Waals surface area contributed by atoms with Gasteiger partial charge in [0.15, 0.2) is 0 Å². The molecule has 0 bridgehead atoms. The molecular formula is C13H19NOS. The highest BCUT2D eigenvalue weighted by Crippen LogP contribution is 2.14. The van der Waals surface area contributed by atoms with Crippen LogP contribution >= 0.6 is 11.8 Å². The van der Waals surface area contributed by atoms with Gasteiger partial charge < -0.3 is 10.1 Å². The van der Waals surface area contributed by atoms with Gasteiger partial charge in [-0.25, -0.2) is 0 Å². The van der Waals surface area contributed by atoms with Gasteiger partial charge in [-0.2, -0.15) is 11.8 Å². The molecule has 1 aliphatic rings. The Labute approximate surface area is 102 Å². The van der Waals surface area contributed by atoms with Crippen LogP contribution in [0.25, 0.3) is 0 Å². The topological polar surface area (TPSA) is 21.3 Å². The third-order valence-electron chi connectivity index (χ3n) is 2.78. The molecule has 0 aliphatic carbocycles. The van der Waals surface area contributed by atoms with Crippen molar-refractivity contribution < 1.29 is 4.74 Å². The molecule has 0 spiro atoms. The zero-order chi connectivity index (χ0) is 11.2. The highest BCUT2D eigenvalue weighted by Gasteiger charge is 2.12. The van der Waals surface area contributed by atoms with E-state index >= 15 is 0 Å². The summed E-state index contributed by atoms with van der Waals surface area (Å²) in [6.45, 7) is 4.05. The second kappa shape index (κ2) is 6.16. The fourth-order valence-electron chi connectivity index (χ4n) is 1.74. The van der Waals surface area contributed by atoms with Crippen LogP contribution in [-0.2, 0) is 6.42 Å². The monoisotopic (exact) mass is 237 g/mol. The Bertz CT molecular complexity index is 306. The molecular weight excluding hydrogens is 218 g/mol. The predicted molar refractivity (Wildman–Crippen MR) is 70.4 cm³/mol. The lowest BCUT2D eigenvalue weighted by Crippen LogP contribution is -2.41. The molecule has 2 rings (SSSR count). The quantitative estimate of drug-likeness (QED) is 0.868. The van der Waals surface area contributed by atoms with Crippen molar-refractivity contribution in [1.82, 2.24) is 5.32 Å². The Morgan fingerprint density at radius 2 is 2.19 bits per heavy atom. The van der Waals surface area contributed by atoms with E-state index in [4.69, 9.17) is 4.74 Å². The molecule has 1 aromatic carbocycles. The van der Waals surface area contributed by atoms with Gasteiger partial charge in [0, 0.05) is 18.1 Å². The molecule has 0 saturated carbocycles. The first-order valence-electron chi connectivity index (χ1n) is 5.91. The Kier molecular flexibility index (Phi) is 4.55. The average molecular weight is 237 g/mol. The molecule has 1 aliphatic heterocycles. The fraction of sp³-hybridized carbons (Fsp3) is 0.538. The molecule has 1 saturated heterocycles. The van der Waals surface area contributed by atoms with Crippen molar-refractivity contribution in [1.29, 1.82) is 0 Å². The summed E-state index contributed by atoms with van der Waals surface area (Å²) in [6, 6.07) is 8.91. The van der Waals surface area contributed by atoms with E-state index < -0.39 is 0 Å². The zero-order valence-electron chi connectivity index (χ0n) is 9.74. The van der Waals surface area contributed by atoms with Crippen molar-refractivity contribution in [2.75, 3.05) is 24.7 Å². The van der Waals surface area contributed by atoms with E-state index in [0.29, 0.717) is 6.04 Å². The van der Waals surface area contributed by atoms with Crippen LogP contribution in [0.4, 0.5) is 0 Å². The minimum absolute atomic E-state index is 0.504. The molecule has 1 unspecified atom stereocenters. The van der Waals surface area contributed by atoms with Crippen LogP contribution in [-0.4, -0.2) is 30.7 Å². The number of aryl methyl sites for hydroxylation is 1. The molecule has 16 heavy (non-hydrogen) atoms. The van der Waals surface area contributed by atoms with E-state index in [-0.39, 0.29) is 0 Å². The SMILES string of the molecule is CCc1ccc(OCC2CSCCN2)cc1. The van der Waals surface area contributed by atoms with Crippen LogP contribution < -0.4 is 10.1 Å². The molecule has 1 aromatic rings. The molecule has 1 N–H and O–H groups in total. The van der Waals surface area contributed by atoms with Gasteiger partial charge in [-0.1, -0.05) is 19.1 Å². The van der Waals surface area contributed by atoms with Crippen LogP contribution in [0, 0.1) is 0 Å². The molecule has 2 nitrogen and oxygen atoms in total. The summed E-state index contributed by atoms with van der Waals surface area (Å²) in [7, 11) is 0. The lowest BCUT2D eigenvalue weighted by molar-refractivity contribution is 0.276. The lowest BCUT2D eigenvalue weighted by Gasteiger charge is -2.23. The number of hydrogen-bond acceptors (Lipinski definition) is 3. The summed E-state index contributed by atoms with van der Waals surface area (Å²) in [5.41, 5.74) is 1.36. The second-order valence-electron chi connectivity index (χ2n) is 4.03. The maximum absolute atomic E-state index is 5.77. The van der Waals surface area contributed by atoms with Gasteiger partial charge in [0.2, 0.25) is 0 Å². The van der Waals surface area contributed by atoms with E-state index in [1.807, 2.05) is 11.8 Å². The molecule has 1 fully saturated rings. The number of benzene rings is 1. The minimum Gasteiger partial charge on any atom is -0.492 e. The van der Waals surface area contributed by atoms with Crippen LogP contribution in [0.15, 0.2) is 24.3 Å². The molecule has 0 aromatic heterocycles. The molecule has 3 heteroatoms. The Morgan fingerprint density at radius 3 is 2.81 bits per heavy atom. The second-order valence-corrected chi connectivity index (χ2v) is 5.18. The summed E-state index contributed by atoms with van der Waals surface area (Å²) in [4.78, 5) is 0. The first-order valence-corrected chi connectivity index (χ1v) is 7.07. The van der Waals surface area contributed by atoms with Crippen LogP contribution in [0.2, 0.25) is 0 Å².